The second-order valence-electron chi connectivity index (χ2n) is 3.27. The van der Waals surface area contributed by atoms with Gasteiger partial charge in [0, 0.05) is 19.0 Å². The predicted octanol–water partition coefficient (Wildman–Crippen LogP) is 0.726. The third-order valence-corrected chi connectivity index (χ3v) is 1.93. The Morgan fingerprint density at radius 3 is 3.08 bits per heavy atom. The third kappa shape index (κ3) is 2.80. The van der Waals surface area contributed by atoms with Crippen molar-refractivity contribution in [3.63, 3.8) is 0 Å². The van der Waals surface area contributed by atoms with E-state index in [2.05, 4.69) is 11.2 Å². The van der Waals surface area contributed by atoms with Gasteiger partial charge in [0.1, 0.15) is 0 Å². The van der Waals surface area contributed by atoms with Gasteiger partial charge in [-0.25, -0.2) is 4.39 Å². The van der Waals surface area contributed by atoms with Crippen LogP contribution >= 0.6 is 0 Å². The van der Waals surface area contributed by atoms with Crippen molar-refractivity contribution < 1.29 is 9.13 Å². The van der Waals surface area contributed by atoms with Crippen LogP contribution in [0.4, 0.5) is 4.39 Å². The van der Waals surface area contributed by atoms with Gasteiger partial charge in [-0.15, -0.1) is 6.42 Å². The lowest BCUT2D eigenvalue weighted by atomic mass is 9.99. The summed E-state index contributed by atoms with van der Waals surface area (Å²) in [6.45, 7) is 3.46. The van der Waals surface area contributed by atoms with Crippen molar-refractivity contribution >= 4 is 0 Å². The first-order valence-electron chi connectivity index (χ1n) is 4.12. The quantitative estimate of drug-likeness (QED) is 0.618. The van der Waals surface area contributed by atoms with E-state index in [1.54, 1.807) is 0 Å². The Morgan fingerprint density at radius 1 is 1.83 bits per heavy atom. The van der Waals surface area contributed by atoms with Crippen LogP contribution in [0.15, 0.2) is 0 Å². The van der Waals surface area contributed by atoms with Gasteiger partial charge in [-0.2, -0.15) is 0 Å². The van der Waals surface area contributed by atoms with Gasteiger partial charge in [-0.1, -0.05) is 5.92 Å². The van der Waals surface area contributed by atoms with E-state index in [0.29, 0.717) is 19.6 Å². The molecule has 1 rings (SSSR count). The lowest BCUT2D eigenvalue weighted by molar-refractivity contribution is 0.0593. The Labute approximate surface area is 72.5 Å². The summed E-state index contributed by atoms with van der Waals surface area (Å²) in [7, 11) is 0. The standard InChI is InChI=1S/C9H14FNO/c1-3-9(2,10)6-8-7-12-5-4-11-8/h1,8,11H,4-7H2,2H3. The lowest BCUT2D eigenvalue weighted by Gasteiger charge is -2.27. The molecule has 12 heavy (non-hydrogen) atoms. The SMILES string of the molecule is C#CC(C)(F)CC1COCCN1. The van der Waals surface area contributed by atoms with Gasteiger partial charge in [-0.05, 0) is 6.92 Å². The molecule has 0 saturated carbocycles. The van der Waals surface area contributed by atoms with Gasteiger partial charge in [0.25, 0.3) is 0 Å². The highest BCUT2D eigenvalue weighted by molar-refractivity contribution is 5.06. The fraction of sp³-hybridized carbons (Fsp3) is 0.778. The Kier molecular flexibility index (Phi) is 3.07. The Morgan fingerprint density at radius 2 is 2.58 bits per heavy atom. The smallest absolute Gasteiger partial charge is 0.169 e. The number of nitrogens with one attached hydrogen (secondary N) is 1. The van der Waals surface area contributed by atoms with Crippen LogP contribution in [0.1, 0.15) is 13.3 Å². The van der Waals surface area contributed by atoms with Crippen molar-refractivity contribution in [1.82, 2.24) is 5.32 Å². The molecular weight excluding hydrogens is 157 g/mol. The molecule has 2 unspecified atom stereocenters. The van der Waals surface area contributed by atoms with E-state index in [4.69, 9.17) is 11.2 Å². The summed E-state index contributed by atoms with van der Waals surface area (Å²) in [4.78, 5) is 0. The Bertz CT molecular complexity index is 179. The minimum absolute atomic E-state index is 0.0600. The van der Waals surface area contributed by atoms with E-state index < -0.39 is 5.67 Å². The summed E-state index contributed by atoms with van der Waals surface area (Å²) in [5, 5.41) is 3.15. The molecule has 0 amide bonds. The van der Waals surface area contributed by atoms with Gasteiger partial charge in [0.05, 0.1) is 13.2 Å². The zero-order chi connectivity index (χ0) is 9.03. The predicted molar refractivity (Wildman–Crippen MR) is 45.6 cm³/mol. The molecule has 0 spiro atoms. The first-order chi connectivity index (χ1) is 5.64. The summed E-state index contributed by atoms with van der Waals surface area (Å²) >= 11 is 0. The van der Waals surface area contributed by atoms with Crippen LogP contribution in [0, 0.1) is 12.3 Å². The summed E-state index contributed by atoms with van der Waals surface area (Å²) in [6.07, 6.45) is 5.35. The van der Waals surface area contributed by atoms with Crippen LogP contribution < -0.4 is 5.32 Å². The maximum absolute atomic E-state index is 13.3. The van der Waals surface area contributed by atoms with Crippen molar-refractivity contribution in [2.75, 3.05) is 19.8 Å². The fourth-order valence-corrected chi connectivity index (χ4v) is 1.27. The van der Waals surface area contributed by atoms with E-state index in [1.165, 1.54) is 6.92 Å². The first-order valence-corrected chi connectivity index (χ1v) is 4.12. The van der Waals surface area contributed by atoms with Crippen LogP contribution in [0.5, 0.6) is 0 Å². The molecule has 0 aliphatic carbocycles. The van der Waals surface area contributed by atoms with Crippen molar-refractivity contribution in [2.24, 2.45) is 0 Å². The molecule has 1 aliphatic heterocycles. The van der Waals surface area contributed by atoms with E-state index in [1.807, 2.05) is 0 Å². The molecule has 0 aromatic heterocycles. The van der Waals surface area contributed by atoms with Gasteiger partial charge < -0.3 is 10.1 Å². The number of ether oxygens (including phenoxy) is 1. The van der Waals surface area contributed by atoms with Gasteiger partial charge in [0.15, 0.2) is 5.67 Å². The number of rotatable bonds is 2. The highest BCUT2D eigenvalue weighted by Gasteiger charge is 2.26. The largest absolute Gasteiger partial charge is 0.379 e. The molecule has 1 N–H and O–H groups in total. The van der Waals surface area contributed by atoms with Gasteiger partial charge in [-0.3, -0.25) is 0 Å². The maximum Gasteiger partial charge on any atom is 0.169 e. The minimum atomic E-state index is -1.52. The summed E-state index contributed by atoms with van der Waals surface area (Å²) < 4.78 is 18.4. The second-order valence-corrected chi connectivity index (χ2v) is 3.27. The summed E-state index contributed by atoms with van der Waals surface area (Å²) in [5.41, 5.74) is -1.52. The molecule has 0 aromatic carbocycles. The maximum atomic E-state index is 13.3. The normalized spacial score (nSPS) is 28.9. The Hall–Kier alpha value is -0.590. The molecule has 2 nitrogen and oxygen atoms in total. The van der Waals surface area contributed by atoms with Crippen LogP contribution in [0.3, 0.4) is 0 Å². The number of alkyl halides is 1. The van der Waals surface area contributed by atoms with Crippen molar-refractivity contribution in [3.8, 4) is 12.3 Å². The second kappa shape index (κ2) is 3.88. The minimum Gasteiger partial charge on any atom is -0.379 e. The molecule has 1 saturated heterocycles. The molecular formula is C9H14FNO. The molecule has 0 bridgehead atoms. The molecule has 0 aromatic rings. The van der Waals surface area contributed by atoms with Crippen LogP contribution in [0.2, 0.25) is 0 Å². The monoisotopic (exact) mass is 171 g/mol. The number of morpholine rings is 1. The highest BCUT2D eigenvalue weighted by Crippen LogP contribution is 2.17. The Balaban J connectivity index is 2.35. The van der Waals surface area contributed by atoms with Crippen molar-refractivity contribution in [3.05, 3.63) is 0 Å². The van der Waals surface area contributed by atoms with Crippen molar-refractivity contribution in [1.29, 1.82) is 0 Å². The zero-order valence-electron chi connectivity index (χ0n) is 7.27. The molecule has 2 atom stereocenters. The van der Waals surface area contributed by atoms with E-state index in [0.717, 1.165) is 6.54 Å². The average Bonchev–Trinajstić information content (AvgIpc) is 2.06. The van der Waals surface area contributed by atoms with Crippen LogP contribution in [-0.4, -0.2) is 31.5 Å². The molecule has 3 heteroatoms. The van der Waals surface area contributed by atoms with E-state index >= 15 is 0 Å². The lowest BCUT2D eigenvalue weighted by Crippen LogP contribution is -2.44. The highest BCUT2D eigenvalue weighted by atomic mass is 19.1. The topological polar surface area (TPSA) is 21.3 Å². The van der Waals surface area contributed by atoms with E-state index in [-0.39, 0.29) is 6.04 Å². The third-order valence-electron chi connectivity index (χ3n) is 1.93. The average molecular weight is 171 g/mol. The molecule has 1 heterocycles. The fourth-order valence-electron chi connectivity index (χ4n) is 1.27. The zero-order valence-corrected chi connectivity index (χ0v) is 7.27. The van der Waals surface area contributed by atoms with Crippen molar-refractivity contribution in [2.45, 2.75) is 25.1 Å². The number of hydrogen-bond acceptors (Lipinski definition) is 2. The molecule has 1 aliphatic rings. The van der Waals surface area contributed by atoms with Crippen LogP contribution in [0.25, 0.3) is 0 Å². The van der Waals surface area contributed by atoms with Gasteiger partial charge in [0.2, 0.25) is 0 Å². The van der Waals surface area contributed by atoms with Gasteiger partial charge >= 0.3 is 0 Å². The number of halogens is 1. The number of hydrogen-bond donors (Lipinski definition) is 1. The van der Waals surface area contributed by atoms with Crippen LogP contribution in [-0.2, 0) is 4.74 Å². The van der Waals surface area contributed by atoms with E-state index in [9.17, 15) is 4.39 Å². The number of terminal acetylenes is 1. The first kappa shape index (κ1) is 9.50. The molecule has 68 valence electrons. The summed E-state index contributed by atoms with van der Waals surface area (Å²) in [6, 6.07) is 0.0600. The summed E-state index contributed by atoms with van der Waals surface area (Å²) in [5.74, 6) is 2.13. The molecule has 1 fully saturated rings. The molecule has 0 radical (unpaired) electrons.